The number of aliphatic hydroxyl groups is 1. The molecule has 1 N–H and O–H groups in total. The number of carbonyl (C=O) groups excluding carboxylic acids is 1. The molecule has 30 heavy (non-hydrogen) atoms. The van der Waals surface area contributed by atoms with E-state index in [0.717, 1.165) is 0 Å². The molecule has 0 aliphatic carbocycles. The van der Waals surface area contributed by atoms with Gasteiger partial charge in [0.05, 0.1) is 13.2 Å². The highest BCUT2D eigenvalue weighted by atomic mass is 32.2. The predicted octanol–water partition coefficient (Wildman–Crippen LogP) is 1.94. The molecule has 0 bridgehead atoms. The van der Waals surface area contributed by atoms with E-state index in [4.69, 9.17) is 4.74 Å². The van der Waals surface area contributed by atoms with Crippen molar-refractivity contribution in [2.24, 2.45) is 11.8 Å². The Labute approximate surface area is 180 Å². The molecule has 166 valence electrons. The second kappa shape index (κ2) is 9.82. The first-order chi connectivity index (χ1) is 14.0. The maximum atomic E-state index is 13.4. The van der Waals surface area contributed by atoms with Crippen molar-refractivity contribution in [3.05, 3.63) is 23.8 Å². The summed E-state index contributed by atoms with van der Waals surface area (Å²) in [6, 6.07) is 4.23. The zero-order valence-electron chi connectivity index (χ0n) is 18.5. The molecule has 0 fully saturated rings. The number of amides is 1. The van der Waals surface area contributed by atoms with Gasteiger partial charge in [-0.1, -0.05) is 32.6 Å². The van der Waals surface area contributed by atoms with Crippen LogP contribution in [0.4, 0.5) is 0 Å². The highest BCUT2D eigenvalue weighted by Crippen LogP contribution is 2.34. The summed E-state index contributed by atoms with van der Waals surface area (Å²) in [5.74, 6) is 6.19. The van der Waals surface area contributed by atoms with Crippen molar-refractivity contribution in [1.82, 2.24) is 9.21 Å². The van der Waals surface area contributed by atoms with Crippen LogP contribution in [0.3, 0.4) is 0 Å². The molecule has 0 radical (unpaired) electrons. The topological polar surface area (TPSA) is 87.2 Å². The number of carbonyl (C=O) groups is 1. The minimum absolute atomic E-state index is 0.0419. The molecule has 1 aromatic carbocycles. The third-order valence-corrected chi connectivity index (χ3v) is 7.18. The minimum atomic E-state index is -3.88. The van der Waals surface area contributed by atoms with Crippen LogP contribution in [0.1, 0.15) is 40.2 Å². The lowest BCUT2D eigenvalue weighted by atomic mass is 10.0. The number of sulfonamides is 1. The Morgan fingerprint density at radius 3 is 2.60 bits per heavy atom. The maximum absolute atomic E-state index is 13.4. The van der Waals surface area contributed by atoms with E-state index in [9.17, 15) is 18.3 Å². The molecule has 1 aliphatic heterocycles. The van der Waals surface area contributed by atoms with Gasteiger partial charge < -0.3 is 14.7 Å². The van der Waals surface area contributed by atoms with E-state index in [0.29, 0.717) is 12.1 Å². The van der Waals surface area contributed by atoms with E-state index in [1.807, 2.05) is 20.8 Å². The average Bonchev–Trinajstić information content (AvgIpc) is 2.68. The van der Waals surface area contributed by atoms with Crippen LogP contribution in [0.15, 0.2) is 23.1 Å². The van der Waals surface area contributed by atoms with Crippen LogP contribution >= 0.6 is 0 Å². The summed E-state index contributed by atoms with van der Waals surface area (Å²) in [6.07, 6.45) is -0.421. The van der Waals surface area contributed by atoms with Crippen molar-refractivity contribution >= 4 is 15.9 Å². The average molecular weight is 437 g/mol. The maximum Gasteiger partial charge on any atom is 0.247 e. The van der Waals surface area contributed by atoms with Gasteiger partial charge in [-0.3, -0.25) is 4.79 Å². The summed E-state index contributed by atoms with van der Waals surface area (Å²) in [6.45, 7) is 9.19. The number of likely N-dealkylation sites (N-methyl/N-ethyl adjacent to an activating group) is 1. The SMILES string of the molecule is CC(=O)N(C)C[C@@H]1Oc2cc(C#CC(C)C)ccc2S(=O)(=O)N([C@H](C)CO)C[C@@H]1C. The van der Waals surface area contributed by atoms with Crippen molar-refractivity contribution in [2.45, 2.75) is 51.7 Å². The number of hydrogen-bond acceptors (Lipinski definition) is 5. The van der Waals surface area contributed by atoms with Crippen LogP contribution < -0.4 is 4.74 Å². The summed E-state index contributed by atoms with van der Waals surface area (Å²) >= 11 is 0. The van der Waals surface area contributed by atoms with Gasteiger partial charge in [0.25, 0.3) is 0 Å². The Morgan fingerprint density at radius 1 is 1.37 bits per heavy atom. The Bertz CT molecular complexity index is 933. The first-order valence-corrected chi connectivity index (χ1v) is 11.6. The van der Waals surface area contributed by atoms with E-state index < -0.39 is 22.2 Å². The van der Waals surface area contributed by atoms with Gasteiger partial charge in [-0.25, -0.2) is 8.42 Å². The van der Waals surface area contributed by atoms with Crippen molar-refractivity contribution in [2.75, 3.05) is 26.7 Å². The van der Waals surface area contributed by atoms with Gasteiger partial charge in [0.2, 0.25) is 15.9 Å². The molecule has 8 heteroatoms. The quantitative estimate of drug-likeness (QED) is 0.729. The summed E-state index contributed by atoms with van der Waals surface area (Å²) in [5.41, 5.74) is 0.659. The fraction of sp³-hybridized carbons (Fsp3) is 0.591. The molecule has 0 unspecified atom stereocenters. The van der Waals surface area contributed by atoms with Crippen molar-refractivity contribution in [1.29, 1.82) is 0 Å². The molecule has 0 spiro atoms. The number of benzene rings is 1. The summed E-state index contributed by atoms with van der Waals surface area (Å²) in [4.78, 5) is 13.4. The van der Waals surface area contributed by atoms with Gasteiger partial charge >= 0.3 is 0 Å². The molecule has 3 atom stereocenters. The normalized spacial score (nSPS) is 22.0. The summed E-state index contributed by atoms with van der Waals surface area (Å²) < 4.78 is 34.2. The van der Waals surface area contributed by atoms with Gasteiger partial charge in [0.1, 0.15) is 16.7 Å². The number of nitrogens with zero attached hydrogens (tertiary/aromatic N) is 2. The highest BCUT2D eigenvalue weighted by molar-refractivity contribution is 7.89. The Balaban J connectivity index is 2.60. The van der Waals surface area contributed by atoms with Crippen molar-refractivity contribution in [3.8, 4) is 17.6 Å². The fourth-order valence-electron chi connectivity index (χ4n) is 3.15. The number of hydrogen-bond donors (Lipinski definition) is 1. The molecule has 1 aromatic rings. The summed E-state index contributed by atoms with van der Waals surface area (Å²) in [5, 5.41) is 9.66. The Kier molecular flexibility index (Phi) is 7.92. The van der Waals surface area contributed by atoms with E-state index in [1.165, 1.54) is 17.3 Å². The number of rotatable bonds is 4. The van der Waals surface area contributed by atoms with Gasteiger partial charge in [-0.05, 0) is 25.1 Å². The van der Waals surface area contributed by atoms with Gasteiger partial charge in [-0.15, -0.1) is 0 Å². The molecule has 1 aliphatic rings. The molecule has 2 rings (SSSR count). The van der Waals surface area contributed by atoms with Crippen LogP contribution in [0.2, 0.25) is 0 Å². The van der Waals surface area contributed by atoms with E-state index in [2.05, 4.69) is 11.8 Å². The zero-order chi connectivity index (χ0) is 22.6. The number of fused-ring (bicyclic) bond motifs is 1. The predicted molar refractivity (Wildman–Crippen MR) is 115 cm³/mol. The lowest BCUT2D eigenvalue weighted by Gasteiger charge is -2.37. The van der Waals surface area contributed by atoms with Crippen LogP contribution in [-0.4, -0.2) is 67.5 Å². The lowest BCUT2D eigenvalue weighted by Crippen LogP contribution is -2.50. The monoisotopic (exact) mass is 436 g/mol. The minimum Gasteiger partial charge on any atom is -0.487 e. The second-order valence-corrected chi connectivity index (χ2v) is 10.1. The van der Waals surface area contributed by atoms with Crippen LogP contribution in [-0.2, 0) is 14.8 Å². The molecule has 0 saturated carbocycles. The first kappa shape index (κ1) is 24.2. The molecular weight excluding hydrogens is 404 g/mol. The second-order valence-electron chi connectivity index (χ2n) is 8.22. The summed E-state index contributed by atoms with van der Waals surface area (Å²) in [7, 11) is -2.20. The molecule has 1 amide bonds. The largest absolute Gasteiger partial charge is 0.487 e. The molecular formula is C22H32N2O5S. The zero-order valence-corrected chi connectivity index (χ0v) is 19.4. The Morgan fingerprint density at radius 2 is 2.03 bits per heavy atom. The van der Waals surface area contributed by atoms with E-state index in [-0.39, 0.29) is 41.5 Å². The van der Waals surface area contributed by atoms with Gasteiger partial charge in [-0.2, -0.15) is 4.31 Å². The molecule has 0 saturated heterocycles. The molecule has 7 nitrogen and oxygen atoms in total. The van der Waals surface area contributed by atoms with Gasteiger partial charge in [0.15, 0.2) is 0 Å². The third-order valence-electron chi connectivity index (χ3n) is 5.16. The van der Waals surface area contributed by atoms with Gasteiger partial charge in [0, 0.05) is 44.0 Å². The van der Waals surface area contributed by atoms with Crippen LogP contribution in [0.25, 0.3) is 0 Å². The fourth-order valence-corrected chi connectivity index (χ4v) is 4.97. The number of ether oxygens (including phenoxy) is 1. The Hall–Kier alpha value is -2.08. The number of aliphatic hydroxyl groups excluding tert-OH is 1. The van der Waals surface area contributed by atoms with Crippen molar-refractivity contribution < 1.29 is 23.1 Å². The van der Waals surface area contributed by atoms with E-state index in [1.54, 1.807) is 31.0 Å². The molecule has 0 aromatic heterocycles. The van der Waals surface area contributed by atoms with Crippen molar-refractivity contribution in [3.63, 3.8) is 0 Å². The van der Waals surface area contributed by atoms with Crippen LogP contribution in [0.5, 0.6) is 5.75 Å². The molecule has 1 heterocycles. The van der Waals surface area contributed by atoms with E-state index >= 15 is 0 Å². The highest BCUT2D eigenvalue weighted by Gasteiger charge is 2.38. The standard InChI is InChI=1S/C22H32N2O5S/c1-15(2)7-8-19-9-10-22-20(11-19)29-21(13-23(6)18(5)26)16(3)12-24(17(4)14-25)30(22,27)28/h9-11,15-17,21,25H,12-14H2,1-6H3/t16-,17+,21-/m0/s1. The first-order valence-electron chi connectivity index (χ1n) is 10.1. The third kappa shape index (κ3) is 5.54. The van der Waals surface area contributed by atoms with Crippen LogP contribution in [0, 0.1) is 23.7 Å². The smallest absolute Gasteiger partial charge is 0.247 e. The lowest BCUT2D eigenvalue weighted by molar-refractivity contribution is -0.129.